The number of sulfonamides is 1. The van der Waals surface area contributed by atoms with Gasteiger partial charge in [0.2, 0.25) is 10.0 Å². The second-order valence-corrected chi connectivity index (χ2v) is 6.89. The maximum absolute atomic E-state index is 13.5. The second kappa shape index (κ2) is 7.31. The summed E-state index contributed by atoms with van der Waals surface area (Å²) in [7, 11) is -1.96. The third-order valence-electron chi connectivity index (χ3n) is 3.47. The Kier molecular flexibility index (Phi) is 5.69. The van der Waals surface area contributed by atoms with Crippen molar-refractivity contribution in [2.75, 3.05) is 20.2 Å². The van der Waals surface area contributed by atoms with Gasteiger partial charge in [0.05, 0.1) is 11.0 Å². The van der Waals surface area contributed by atoms with Crippen molar-refractivity contribution in [3.05, 3.63) is 29.6 Å². The summed E-state index contributed by atoms with van der Waals surface area (Å²) >= 11 is 0. The molecule has 2 rings (SSSR count). The highest BCUT2D eigenvalue weighted by Gasteiger charge is 2.20. The summed E-state index contributed by atoms with van der Waals surface area (Å²) in [5.74, 6) is -0.418. The van der Waals surface area contributed by atoms with Crippen LogP contribution in [-0.2, 0) is 21.3 Å². The highest BCUT2D eigenvalue weighted by molar-refractivity contribution is 7.89. The lowest BCUT2D eigenvalue weighted by atomic mass is 10.1. The van der Waals surface area contributed by atoms with Crippen LogP contribution in [0.3, 0.4) is 0 Å². The van der Waals surface area contributed by atoms with Crippen molar-refractivity contribution in [2.45, 2.75) is 36.8 Å². The van der Waals surface area contributed by atoms with E-state index >= 15 is 0 Å². The first-order valence-electron chi connectivity index (χ1n) is 7.07. The van der Waals surface area contributed by atoms with Crippen LogP contribution in [0.25, 0.3) is 0 Å². The van der Waals surface area contributed by atoms with Gasteiger partial charge in [0.25, 0.3) is 0 Å². The fourth-order valence-corrected chi connectivity index (χ4v) is 3.42. The van der Waals surface area contributed by atoms with Crippen LogP contribution >= 0.6 is 0 Å². The molecule has 1 aliphatic rings. The monoisotopic (exact) mass is 316 g/mol. The van der Waals surface area contributed by atoms with Crippen LogP contribution in [0.4, 0.5) is 4.39 Å². The van der Waals surface area contributed by atoms with E-state index in [9.17, 15) is 12.8 Å². The van der Waals surface area contributed by atoms with Crippen LogP contribution in [0.15, 0.2) is 23.1 Å². The van der Waals surface area contributed by atoms with Gasteiger partial charge in [0, 0.05) is 25.3 Å². The van der Waals surface area contributed by atoms with E-state index < -0.39 is 15.8 Å². The number of hydrogen-bond donors (Lipinski definition) is 2. The van der Waals surface area contributed by atoms with Crippen LogP contribution in [0, 0.1) is 5.82 Å². The number of ether oxygens (including phenoxy) is 1. The van der Waals surface area contributed by atoms with Gasteiger partial charge in [0.1, 0.15) is 5.82 Å². The predicted octanol–water partition coefficient (Wildman–Crippen LogP) is 1.39. The average Bonchev–Trinajstić information content (AvgIpc) is 2.49. The molecule has 1 aromatic rings. The van der Waals surface area contributed by atoms with Gasteiger partial charge >= 0.3 is 0 Å². The highest BCUT2D eigenvalue weighted by Crippen LogP contribution is 2.16. The molecule has 5 nitrogen and oxygen atoms in total. The maximum Gasteiger partial charge on any atom is 0.240 e. The Morgan fingerprint density at radius 2 is 2.19 bits per heavy atom. The van der Waals surface area contributed by atoms with E-state index in [1.54, 1.807) is 7.05 Å². The van der Waals surface area contributed by atoms with Gasteiger partial charge in [-0.3, -0.25) is 0 Å². The Morgan fingerprint density at radius 1 is 1.38 bits per heavy atom. The van der Waals surface area contributed by atoms with Gasteiger partial charge in [-0.05, 0) is 44.5 Å². The highest BCUT2D eigenvalue weighted by atomic mass is 32.2. The Hall–Kier alpha value is -1.02. The SMILES string of the molecule is CNCc1cc(S(=O)(=O)NCC2CCCCO2)ccc1F. The van der Waals surface area contributed by atoms with Crippen LogP contribution in [0.1, 0.15) is 24.8 Å². The summed E-state index contributed by atoms with van der Waals surface area (Å²) < 4.78 is 46.0. The molecule has 1 unspecified atom stereocenters. The molecule has 1 aliphatic heterocycles. The molecule has 0 aliphatic carbocycles. The largest absolute Gasteiger partial charge is 0.377 e. The molecule has 1 saturated heterocycles. The minimum absolute atomic E-state index is 0.0740. The van der Waals surface area contributed by atoms with Crippen molar-refractivity contribution in [3.63, 3.8) is 0 Å². The van der Waals surface area contributed by atoms with E-state index in [1.165, 1.54) is 18.2 Å². The molecule has 0 radical (unpaired) electrons. The fourth-order valence-electron chi connectivity index (χ4n) is 2.30. The zero-order chi connectivity index (χ0) is 15.3. The molecule has 1 atom stereocenters. The Morgan fingerprint density at radius 3 is 2.86 bits per heavy atom. The zero-order valence-electron chi connectivity index (χ0n) is 12.1. The van der Waals surface area contributed by atoms with E-state index in [-0.39, 0.29) is 24.1 Å². The Bertz CT molecular complexity index is 572. The summed E-state index contributed by atoms with van der Waals surface area (Å²) in [6.45, 7) is 1.21. The number of hydrogen-bond acceptors (Lipinski definition) is 4. The number of nitrogens with one attached hydrogen (secondary N) is 2. The van der Waals surface area contributed by atoms with Gasteiger partial charge < -0.3 is 10.1 Å². The summed E-state index contributed by atoms with van der Waals surface area (Å²) in [5.41, 5.74) is 0.328. The van der Waals surface area contributed by atoms with Crippen LogP contribution in [0.5, 0.6) is 0 Å². The van der Waals surface area contributed by atoms with Crippen LogP contribution in [0.2, 0.25) is 0 Å². The average molecular weight is 316 g/mol. The molecule has 2 N–H and O–H groups in total. The first-order chi connectivity index (χ1) is 10.0. The molecule has 118 valence electrons. The van der Waals surface area contributed by atoms with Crippen molar-refractivity contribution in [1.29, 1.82) is 0 Å². The van der Waals surface area contributed by atoms with E-state index in [0.29, 0.717) is 12.2 Å². The summed E-state index contributed by atoms with van der Waals surface area (Å²) in [4.78, 5) is 0.0740. The second-order valence-electron chi connectivity index (χ2n) is 5.12. The van der Waals surface area contributed by atoms with Gasteiger partial charge in [0.15, 0.2) is 0 Å². The van der Waals surface area contributed by atoms with Crippen molar-refractivity contribution in [1.82, 2.24) is 10.0 Å². The fraction of sp³-hybridized carbons (Fsp3) is 0.571. The van der Waals surface area contributed by atoms with E-state index in [1.807, 2.05) is 0 Å². The first-order valence-corrected chi connectivity index (χ1v) is 8.55. The maximum atomic E-state index is 13.5. The van der Waals surface area contributed by atoms with Gasteiger partial charge in [-0.1, -0.05) is 0 Å². The minimum atomic E-state index is -3.64. The van der Waals surface area contributed by atoms with Crippen molar-refractivity contribution < 1.29 is 17.5 Å². The number of halogens is 1. The molecular formula is C14H21FN2O3S. The molecule has 0 bridgehead atoms. The lowest BCUT2D eigenvalue weighted by Gasteiger charge is -2.22. The van der Waals surface area contributed by atoms with Gasteiger partial charge in [-0.25, -0.2) is 17.5 Å². The van der Waals surface area contributed by atoms with Gasteiger partial charge in [-0.2, -0.15) is 0 Å². The molecule has 21 heavy (non-hydrogen) atoms. The van der Waals surface area contributed by atoms with E-state index in [0.717, 1.165) is 19.3 Å². The molecular weight excluding hydrogens is 295 g/mol. The van der Waals surface area contributed by atoms with Crippen LogP contribution in [-0.4, -0.2) is 34.7 Å². The van der Waals surface area contributed by atoms with E-state index in [2.05, 4.69) is 10.0 Å². The lowest BCUT2D eigenvalue weighted by Crippen LogP contribution is -2.35. The quantitative estimate of drug-likeness (QED) is 0.832. The topological polar surface area (TPSA) is 67.4 Å². The summed E-state index contributed by atoms with van der Waals surface area (Å²) in [5, 5.41) is 2.81. The molecule has 0 aromatic heterocycles. The first kappa shape index (κ1) is 16.4. The number of benzene rings is 1. The standard InChI is InChI=1S/C14H21FN2O3S/c1-16-9-11-8-13(5-6-14(11)15)21(18,19)17-10-12-4-2-3-7-20-12/h5-6,8,12,16-17H,2-4,7,9-10H2,1H3. The summed E-state index contributed by atoms with van der Waals surface area (Å²) in [6.07, 6.45) is 2.85. The molecule has 0 spiro atoms. The minimum Gasteiger partial charge on any atom is -0.377 e. The zero-order valence-corrected chi connectivity index (χ0v) is 12.9. The van der Waals surface area contributed by atoms with Crippen molar-refractivity contribution in [2.24, 2.45) is 0 Å². The lowest BCUT2D eigenvalue weighted by molar-refractivity contribution is 0.0200. The van der Waals surface area contributed by atoms with Gasteiger partial charge in [-0.15, -0.1) is 0 Å². The van der Waals surface area contributed by atoms with Crippen LogP contribution < -0.4 is 10.0 Å². The molecule has 7 heteroatoms. The smallest absolute Gasteiger partial charge is 0.240 e. The van der Waals surface area contributed by atoms with E-state index in [4.69, 9.17) is 4.74 Å². The number of rotatable bonds is 6. The third-order valence-corrected chi connectivity index (χ3v) is 4.89. The molecule has 0 amide bonds. The van der Waals surface area contributed by atoms with Crippen molar-refractivity contribution >= 4 is 10.0 Å². The predicted molar refractivity (Wildman–Crippen MR) is 77.9 cm³/mol. The normalized spacial score (nSPS) is 19.6. The molecule has 1 aromatic carbocycles. The van der Waals surface area contributed by atoms with Crippen molar-refractivity contribution in [3.8, 4) is 0 Å². The molecule has 0 saturated carbocycles. The molecule has 1 heterocycles. The third kappa shape index (κ3) is 4.47. The Labute approximate surface area is 124 Å². The Balaban J connectivity index is 2.06. The summed E-state index contributed by atoms with van der Waals surface area (Å²) in [6, 6.07) is 3.81. The molecule has 1 fully saturated rings.